The van der Waals surface area contributed by atoms with Gasteiger partial charge in [0.25, 0.3) is 0 Å². The van der Waals surface area contributed by atoms with E-state index in [-0.39, 0.29) is 5.91 Å². The smallest absolute Gasteiger partial charge is 0.227 e. The van der Waals surface area contributed by atoms with Crippen molar-refractivity contribution in [1.29, 1.82) is 0 Å². The molecule has 1 saturated heterocycles. The number of nitrogens with zero attached hydrogens (tertiary/aromatic N) is 2. The van der Waals surface area contributed by atoms with Crippen LogP contribution in [0.2, 0.25) is 0 Å². The van der Waals surface area contributed by atoms with Crippen molar-refractivity contribution in [1.82, 2.24) is 9.80 Å². The molecule has 2 aromatic rings. The summed E-state index contributed by atoms with van der Waals surface area (Å²) in [7, 11) is 1.69. The Morgan fingerprint density at radius 3 is 2.27 bits per heavy atom. The third-order valence-corrected chi connectivity index (χ3v) is 5.02. The predicted octanol–water partition coefficient (Wildman–Crippen LogP) is 3.01. The van der Waals surface area contributed by atoms with Gasteiger partial charge in [0.1, 0.15) is 5.75 Å². The van der Waals surface area contributed by atoms with Crippen LogP contribution in [0.5, 0.6) is 5.75 Å². The molecule has 3 rings (SSSR count). The second kappa shape index (κ2) is 9.39. The van der Waals surface area contributed by atoms with Crippen LogP contribution in [-0.4, -0.2) is 55.5 Å². The first-order valence-corrected chi connectivity index (χ1v) is 9.41. The molecule has 1 heterocycles. The highest BCUT2D eigenvalue weighted by molar-refractivity contribution is 5.78. The highest BCUT2D eigenvalue weighted by Crippen LogP contribution is 2.13. The molecule has 2 aromatic carbocycles. The van der Waals surface area contributed by atoms with Gasteiger partial charge in [0.15, 0.2) is 0 Å². The minimum Gasteiger partial charge on any atom is -0.497 e. The number of benzene rings is 2. The Bertz CT molecular complexity index is 677. The molecule has 0 unspecified atom stereocenters. The first-order valence-electron chi connectivity index (χ1n) is 9.41. The highest BCUT2D eigenvalue weighted by Gasteiger charge is 2.20. The molecule has 1 aliphatic rings. The molecular formula is C22H28N2O2. The fourth-order valence-electron chi connectivity index (χ4n) is 3.40. The van der Waals surface area contributed by atoms with E-state index >= 15 is 0 Å². The Morgan fingerprint density at radius 1 is 0.923 bits per heavy atom. The summed E-state index contributed by atoms with van der Waals surface area (Å²) in [6.45, 7) is 4.72. The molecule has 0 saturated carbocycles. The molecule has 26 heavy (non-hydrogen) atoms. The van der Waals surface area contributed by atoms with Crippen LogP contribution in [0, 0.1) is 0 Å². The van der Waals surface area contributed by atoms with Crippen molar-refractivity contribution < 1.29 is 9.53 Å². The summed E-state index contributed by atoms with van der Waals surface area (Å²) < 4.78 is 5.20. The Labute approximate surface area is 156 Å². The van der Waals surface area contributed by atoms with Crippen molar-refractivity contribution in [3.8, 4) is 5.75 Å². The third-order valence-electron chi connectivity index (χ3n) is 5.02. The van der Waals surface area contributed by atoms with E-state index in [1.165, 1.54) is 5.56 Å². The van der Waals surface area contributed by atoms with Crippen molar-refractivity contribution in [2.75, 3.05) is 39.8 Å². The third kappa shape index (κ3) is 5.33. The van der Waals surface area contributed by atoms with E-state index < -0.39 is 0 Å². The average Bonchev–Trinajstić information content (AvgIpc) is 2.70. The van der Waals surface area contributed by atoms with E-state index in [4.69, 9.17) is 4.74 Å². The van der Waals surface area contributed by atoms with Gasteiger partial charge in [-0.1, -0.05) is 42.5 Å². The summed E-state index contributed by atoms with van der Waals surface area (Å²) in [6, 6.07) is 18.3. The van der Waals surface area contributed by atoms with Crippen LogP contribution in [0.1, 0.15) is 17.5 Å². The van der Waals surface area contributed by atoms with Crippen LogP contribution >= 0.6 is 0 Å². The summed E-state index contributed by atoms with van der Waals surface area (Å²) in [5.41, 5.74) is 2.45. The first kappa shape index (κ1) is 18.5. The fourth-order valence-corrected chi connectivity index (χ4v) is 3.40. The molecule has 0 bridgehead atoms. The van der Waals surface area contributed by atoms with Gasteiger partial charge < -0.3 is 9.64 Å². The summed E-state index contributed by atoms with van der Waals surface area (Å²) in [5.74, 6) is 1.15. The van der Waals surface area contributed by atoms with Gasteiger partial charge >= 0.3 is 0 Å². The van der Waals surface area contributed by atoms with Crippen LogP contribution in [0.25, 0.3) is 0 Å². The lowest BCUT2D eigenvalue weighted by atomic mass is 10.1. The number of ether oxygens (including phenoxy) is 1. The van der Waals surface area contributed by atoms with Crippen molar-refractivity contribution in [3.05, 3.63) is 65.7 Å². The molecular weight excluding hydrogens is 324 g/mol. The number of piperazine rings is 1. The lowest BCUT2D eigenvalue weighted by Gasteiger charge is -2.34. The van der Waals surface area contributed by atoms with E-state index in [0.717, 1.165) is 56.9 Å². The normalized spacial score (nSPS) is 15.0. The molecule has 0 N–H and O–H groups in total. The van der Waals surface area contributed by atoms with Crippen LogP contribution in [0.15, 0.2) is 54.6 Å². The summed E-state index contributed by atoms with van der Waals surface area (Å²) >= 11 is 0. The van der Waals surface area contributed by atoms with Crippen LogP contribution < -0.4 is 4.74 Å². The number of methoxy groups -OCH3 is 1. The SMILES string of the molecule is COc1ccc(CCCN2CCN(C(=O)Cc3ccccc3)CC2)cc1. The van der Waals surface area contributed by atoms with Gasteiger partial charge in [-0.25, -0.2) is 0 Å². The number of carbonyl (C=O) groups excluding carboxylic acids is 1. The molecule has 0 atom stereocenters. The Kier molecular flexibility index (Phi) is 6.67. The van der Waals surface area contributed by atoms with Gasteiger partial charge in [-0.3, -0.25) is 9.69 Å². The van der Waals surface area contributed by atoms with E-state index in [1.807, 2.05) is 47.4 Å². The zero-order valence-corrected chi connectivity index (χ0v) is 15.6. The molecule has 1 fully saturated rings. The number of hydrogen-bond acceptors (Lipinski definition) is 3. The van der Waals surface area contributed by atoms with Gasteiger partial charge in [-0.05, 0) is 42.6 Å². The monoisotopic (exact) mass is 352 g/mol. The molecule has 0 aromatic heterocycles. The maximum atomic E-state index is 12.4. The highest BCUT2D eigenvalue weighted by atomic mass is 16.5. The zero-order valence-electron chi connectivity index (χ0n) is 15.6. The molecule has 0 radical (unpaired) electrons. The van der Waals surface area contributed by atoms with Crippen LogP contribution in [-0.2, 0) is 17.6 Å². The van der Waals surface area contributed by atoms with Gasteiger partial charge in [-0.2, -0.15) is 0 Å². The maximum absolute atomic E-state index is 12.4. The quantitative estimate of drug-likeness (QED) is 0.768. The number of hydrogen-bond donors (Lipinski definition) is 0. The first-order chi connectivity index (χ1) is 12.7. The number of rotatable bonds is 7. The van der Waals surface area contributed by atoms with Crippen molar-refractivity contribution >= 4 is 5.91 Å². The molecule has 1 amide bonds. The number of aryl methyl sites for hydroxylation is 1. The lowest BCUT2D eigenvalue weighted by molar-refractivity contribution is -0.132. The average molecular weight is 352 g/mol. The van der Waals surface area contributed by atoms with E-state index in [9.17, 15) is 4.79 Å². The lowest BCUT2D eigenvalue weighted by Crippen LogP contribution is -2.49. The molecule has 0 spiro atoms. The van der Waals surface area contributed by atoms with E-state index in [0.29, 0.717) is 6.42 Å². The topological polar surface area (TPSA) is 32.8 Å². The van der Waals surface area contributed by atoms with Crippen molar-refractivity contribution in [3.63, 3.8) is 0 Å². The molecule has 4 nitrogen and oxygen atoms in total. The molecule has 1 aliphatic heterocycles. The van der Waals surface area contributed by atoms with Gasteiger partial charge in [0.05, 0.1) is 13.5 Å². The minimum absolute atomic E-state index is 0.245. The van der Waals surface area contributed by atoms with Crippen molar-refractivity contribution in [2.24, 2.45) is 0 Å². The van der Waals surface area contributed by atoms with Gasteiger partial charge in [0, 0.05) is 26.2 Å². The Balaban J connectivity index is 1.36. The fraction of sp³-hybridized carbons (Fsp3) is 0.409. The van der Waals surface area contributed by atoms with Gasteiger partial charge in [-0.15, -0.1) is 0 Å². The maximum Gasteiger partial charge on any atom is 0.227 e. The zero-order chi connectivity index (χ0) is 18.2. The van der Waals surface area contributed by atoms with E-state index in [1.54, 1.807) is 7.11 Å². The molecule has 0 aliphatic carbocycles. The van der Waals surface area contributed by atoms with Crippen molar-refractivity contribution in [2.45, 2.75) is 19.3 Å². The Morgan fingerprint density at radius 2 is 1.62 bits per heavy atom. The summed E-state index contributed by atoms with van der Waals surface area (Å²) in [4.78, 5) is 16.9. The predicted molar refractivity (Wildman–Crippen MR) is 104 cm³/mol. The largest absolute Gasteiger partial charge is 0.497 e. The molecule has 138 valence electrons. The van der Waals surface area contributed by atoms with E-state index in [2.05, 4.69) is 17.0 Å². The van der Waals surface area contributed by atoms with Crippen LogP contribution in [0.3, 0.4) is 0 Å². The second-order valence-electron chi connectivity index (χ2n) is 6.84. The summed E-state index contributed by atoms with van der Waals surface area (Å²) in [5, 5.41) is 0. The van der Waals surface area contributed by atoms with Gasteiger partial charge in [0.2, 0.25) is 5.91 Å². The minimum atomic E-state index is 0.245. The number of amides is 1. The number of carbonyl (C=O) groups is 1. The standard InChI is InChI=1S/C22H28N2O2/c1-26-21-11-9-19(10-12-21)8-5-13-23-14-16-24(17-15-23)22(25)18-20-6-3-2-4-7-20/h2-4,6-7,9-12H,5,8,13-18H2,1H3. The van der Waals surface area contributed by atoms with Crippen LogP contribution in [0.4, 0.5) is 0 Å². The second-order valence-corrected chi connectivity index (χ2v) is 6.84. The summed E-state index contributed by atoms with van der Waals surface area (Å²) in [6.07, 6.45) is 2.74. The Hall–Kier alpha value is -2.33. The molecule has 4 heteroatoms.